The number of nitrogens with zero attached hydrogens (tertiary/aromatic N) is 4. The molecule has 0 aliphatic carbocycles. The largest absolute Gasteiger partial charge is 0.497 e. The SMILES string of the molecule is COc1cccc(C2CCCN2C(=O)c2cc(-c3ccco3)nc3c2c(C)nn3C)c1. The van der Waals surface area contributed by atoms with Crippen molar-refractivity contribution in [1.29, 1.82) is 0 Å². The van der Waals surface area contributed by atoms with Crippen molar-refractivity contribution in [3.8, 4) is 17.2 Å². The molecule has 0 bridgehead atoms. The van der Waals surface area contributed by atoms with Gasteiger partial charge in [-0.3, -0.25) is 9.48 Å². The van der Waals surface area contributed by atoms with Gasteiger partial charge in [-0.05, 0) is 55.7 Å². The Kier molecular flexibility index (Phi) is 4.73. The monoisotopic (exact) mass is 416 g/mol. The van der Waals surface area contributed by atoms with Gasteiger partial charge in [0.05, 0.1) is 36.1 Å². The van der Waals surface area contributed by atoms with Crippen molar-refractivity contribution in [3.05, 3.63) is 65.5 Å². The molecule has 7 heteroatoms. The molecule has 0 N–H and O–H groups in total. The minimum atomic E-state index is -0.0124. The molecule has 7 nitrogen and oxygen atoms in total. The number of benzene rings is 1. The van der Waals surface area contributed by atoms with Crippen LogP contribution >= 0.6 is 0 Å². The third-order valence-corrected chi connectivity index (χ3v) is 5.96. The number of pyridine rings is 1. The van der Waals surface area contributed by atoms with E-state index in [4.69, 9.17) is 14.1 Å². The number of carbonyl (C=O) groups excluding carboxylic acids is 1. The van der Waals surface area contributed by atoms with Crippen LogP contribution in [0.25, 0.3) is 22.5 Å². The van der Waals surface area contributed by atoms with Gasteiger partial charge < -0.3 is 14.1 Å². The molecular weight excluding hydrogens is 392 g/mol. The summed E-state index contributed by atoms with van der Waals surface area (Å²) in [6.07, 6.45) is 3.49. The number of hydrogen-bond acceptors (Lipinski definition) is 5. The Balaban J connectivity index is 1.61. The number of methoxy groups -OCH3 is 1. The number of fused-ring (bicyclic) bond motifs is 1. The first-order valence-electron chi connectivity index (χ1n) is 10.4. The predicted octanol–water partition coefficient (Wildman–Crippen LogP) is 4.52. The molecule has 0 radical (unpaired) electrons. The van der Waals surface area contributed by atoms with E-state index in [1.807, 2.05) is 55.3 Å². The van der Waals surface area contributed by atoms with Gasteiger partial charge >= 0.3 is 0 Å². The topological polar surface area (TPSA) is 73.4 Å². The number of rotatable bonds is 4. The average molecular weight is 416 g/mol. The molecule has 1 aliphatic heterocycles. The molecule has 31 heavy (non-hydrogen) atoms. The van der Waals surface area contributed by atoms with E-state index >= 15 is 0 Å². The van der Waals surface area contributed by atoms with E-state index in [2.05, 4.69) is 11.2 Å². The molecular formula is C24H24N4O3. The summed E-state index contributed by atoms with van der Waals surface area (Å²) in [5.74, 6) is 1.41. The molecule has 5 rings (SSSR count). The summed E-state index contributed by atoms with van der Waals surface area (Å²) >= 11 is 0. The lowest BCUT2D eigenvalue weighted by atomic mass is 10.0. The Labute approximate surface area is 180 Å². The van der Waals surface area contributed by atoms with Crippen LogP contribution in [0.4, 0.5) is 0 Å². The van der Waals surface area contributed by atoms with Gasteiger partial charge in [-0.25, -0.2) is 4.98 Å². The quantitative estimate of drug-likeness (QED) is 0.489. The zero-order valence-corrected chi connectivity index (χ0v) is 17.8. The predicted molar refractivity (Wildman–Crippen MR) is 117 cm³/mol. The maximum absolute atomic E-state index is 13.9. The zero-order valence-electron chi connectivity index (χ0n) is 17.8. The van der Waals surface area contributed by atoms with Crippen LogP contribution in [-0.2, 0) is 7.05 Å². The molecule has 1 amide bonds. The molecule has 1 saturated heterocycles. The fourth-order valence-corrected chi connectivity index (χ4v) is 4.52. The molecule has 1 aromatic carbocycles. The van der Waals surface area contributed by atoms with Crippen LogP contribution in [-0.4, -0.2) is 39.2 Å². The second kappa shape index (κ2) is 7.58. The van der Waals surface area contributed by atoms with Gasteiger partial charge in [0.1, 0.15) is 11.4 Å². The summed E-state index contributed by atoms with van der Waals surface area (Å²) in [5, 5.41) is 5.31. The third kappa shape index (κ3) is 3.26. The molecule has 4 aromatic rings. The van der Waals surface area contributed by atoms with Gasteiger partial charge in [0, 0.05) is 13.6 Å². The average Bonchev–Trinajstić information content (AvgIpc) is 3.54. The highest BCUT2D eigenvalue weighted by Gasteiger charge is 2.33. The number of hydrogen-bond donors (Lipinski definition) is 0. The highest BCUT2D eigenvalue weighted by atomic mass is 16.5. The van der Waals surface area contributed by atoms with Crippen LogP contribution in [0.15, 0.2) is 53.1 Å². The molecule has 3 aromatic heterocycles. The Morgan fingerprint density at radius 3 is 2.87 bits per heavy atom. The van der Waals surface area contributed by atoms with Gasteiger partial charge in [0.25, 0.3) is 5.91 Å². The van der Waals surface area contributed by atoms with Crippen molar-refractivity contribution >= 4 is 16.9 Å². The number of amides is 1. The Morgan fingerprint density at radius 1 is 1.23 bits per heavy atom. The van der Waals surface area contributed by atoms with Crippen molar-refractivity contribution in [3.63, 3.8) is 0 Å². The van der Waals surface area contributed by atoms with Crippen molar-refractivity contribution in [2.75, 3.05) is 13.7 Å². The number of aromatic nitrogens is 3. The fraction of sp³-hybridized carbons (Fsp3) is 0.292. The van der Waals surface area contributed by atoms with Crippen LogP contribution in [0.2, 0.25) is 0 Å². The van der Waals surface area contributed by atoms with E-state index in [1.165, 1.54) is 0 Å². The molecule has 1 atom stereocenters. The molecule has 0 spiro atoms. The second-order valence-electron chi connectivity index (χ2n) is 7.87. The highest BCUT2D eigenvalue weighted by molar-refractivity contribution is 6.07. The number of ether oxygens (including phenoxy) is 1. The Bertz CT molecular complexity index is 1260. The summed E-state index contributed by atoms with van der Waals surface area (Å²) in [4.78, 5) is 20.6. The van der Waals surface area contributed by atoms with Crippen molar-refractivity contribution < 1.29 is 13.9 Å². The summed E-state index contributed by atoms with van der Waals surface area (Å²) in [7, 11) is 3.50. The van der Waals surface area contributed by atoms with Gasteiger partial charge in [-0.2, -0.15) is 5.10 Å². The van der Waals surface area contributed by atoms with Gasteiger partial charge in [0.2, 0.25) is 0 Å². The highest BCUT2D eigenvalue weighted by Crippen LogP contribution is 2.36. The van der Waals surface area contributed by atoms with E-state index in [0.29, 0.717) is 29.2 Å². The van der Waals surface area contributed by atoms with Gasteiger partial charge in [-0.15, -0.1) is 0 Å². The maximum atomic E-state index is 13.9. The van der Waals surface area contributed by atoms with Gasteiger partial charge in [0.15, 0.2) is 11.4 Å². The fourth-order valence-electron chi connectivity index (χ4n) is 4.52. The summed E-state index contributed by atoms with van der Waals surface area (Å²) < 4.78 is 12.7. The molecule has 1 fully saturated rings. The van der Waals surface area contributed by atoms with E-state index in [9.17, 15) is 4.79 Å². The first-order valence-corrected chi connectivity index (χ1v) is 10.4. The number of likely N-dealkylation sites (tertiary alicyclic amines) is 1. The normalized spacial score (nSPS) is 16.2. The van der Waals surface area contributed by atoms with Crippen LogP contribution in [0, 0.1) is 6.92 Å². The van der Waals surface area contributed by atoms with Crippen molar-refractivity contribution in [2.24, 2.45) is 7.05 Å². The van der Waals surface area contributed by atoms with Crippen LogP contribution < -0.4 is 4.74 Å². The Morgan fingerprint density at radius 2 is 2.10 bits per heavy atom. The number of aryl methyl sites for hydroxylation is 2. The van der Waals surface area contributed by atoms with Crippen LogP contribution in [0.1, 0.15) is 40.5 Å². The molecule has 0 saturated carbocycles. The molecule has 4 heterocycles. The maximum Gasteiger partial charge on any atom is 0.255 e. The van der Waals surface area contributed by atoms with E-state index in [-0.39, 0.29) is 11.9 Å². The van der Waals surface area contributed by atoms with E-state index in [0.717, 1.165) is 35.2 Å². The zero-order chi connectivity index (χ0) is 21.5. The third-order valence-electron chi connectivity index (χ3n) is 5.96. The van der Waals surface area contributed by atoms with E-state index in [1.54, 1.807) is 18.1 Å². The van der Waals surface area contributed by atoms with Gasteiger partial charge in [-0.1, -0.05) is 12.1 Å². The minimum absolute atomic E-state index is 0.00913. The van der Waals surface area contributed by atoms with Crippen molar-refractivity contribution in [2.45, 2.75) is 25.8 Å². The summed E-state index contributed by atoms with van der Waals surface area (Å²) in [5.41, 5.74) is 3.78. The van der Waals surface area contributed by atoms with Crippen molar-refractivity contribution in [1.82, 2.24) is 19.7 Å². The number of carbonyl (C=O) groups is 1. The lowest BCUT2D eigenvalue weighted by Gasteiger charge is -2.26. The first kappa shape index (κ1) is 19.4. The summed E-state index contributed by atoms with van der Waals surface area (Å²) in [6, 6.07) is 13.5. The smallest absolute Gasteiger partial charge is 0.255 e. The molecule has 1 aliphatic rings. The first-order chi connectivity index (χ1) is 15.1. The van der Waals surface area contributed by atoms with E-state index < -0.39 is 0 Å². The standard InChI is InChI=1S/C24H24N4O3/c1-15-22-18(14-19(21-10-6-12-31-21)25-23(22)27(2)26-15)24(29)28-11-5-9-20(28)16-7-4-8-17(13-16)30-3/h4,6-8,10,12-14,20H,5,9,11H2,1-3H3. The lowest BCUT2D eigenvalue weighted by molar-refractivity contribution is 0.0737. The Hall–Kier alpha value is -3.61. The molecule has 1 unspecified atom stereocenters. The lowest BCUT2D eigenvalue weighted by Crippen LogP contribution is -2.31. The number of furan rings is 1. The van der Waals surface area contributed by atoms with Crippen LogP contribution in [0.5, 0.6) is 5.75 Å². The molecule has 158 valence electrons. The summed E-state index contributed by atoms with van der Waals surface area (Å²) in [6.45, 7) is 2.62. The second-order valence-corrected chi connectivity index (χ2v) is 7.87. The van der Waals surface area contributed by atoms with Crippen LogP contribution in [0.3, 0.4) is 0 Å². The minimum Gasteiger partial charge on any atom is -0.497 e.